The molecular formula is C13H23N3OS. The van der Waals surface area contributed by atoms with E-state index >= 15 is 0 Å². The zero-order chi connectivity index (χ0) is 12.8. The van der Waals surface area contributed by atoms with Gasteiger partial charge in [0.05, 0.1) is 23.2 Å². The fourth-order valence-corrected chi connectivity index (χ4v) is 3.32. The Bertz CT molecular complexity index is 350. The average Bonchev–Trinajstić information content (AvgIpc) is 3.02. The van der Waals surface area contributed by atoms with Crippen LogP contribution in [0, 0.1) is 5.92 Å². The van der Waals surface area contributed by atoms with E-state index in [4.69, 9.17) is 4.74 Å². The normalized spacial score (nSPS) is 21.3. The highest BCUT2D eigenvalue weighted by Gasteiger charge is 2.30. The summed E-state index contributed by atoms with van der Waals surface area (Å²) in [6, 6.07) is 0.383. The molecule has 2 rings (SSSR count). The summed E-state index contributed by atoms with van der Waals surface area (Å²) in [6.07, 6.45) is 4.45. The Morgan fingerprint density at radius 1 is 1.44 bits per heavy atom. The number of rotatable bonds is 7. The van der Waals surface area contributed by atoms with Crippen molar-refractivity contribution >= 4 is 11.5 Å². The molecule has 1 saturated heterocycles. The topological polar surface area (TPSA) is 47.0 Å². The Morgan fingerprint density at radius 2 is 2.33 bits per heavy atom. The van der Waals surface area contributed by atoms with Crippen molar-refractivity contribution in [3.63, 3.8) is 0 Å². The lowest BCUT2D eigenvalue weighted by Crippen LogP contribution is -2.29. The Morgan fingerprint density at radius 3 is 3.00 bits per heavy atom. The van der Waals surface area contributed by atoms with Crippen LogP contribution in [-0.2, 0) is 11.2 Å². The van der Waals surface area contributed by atoms with E-state index in [2.05, 4.69) is 28.8 Å². The number of hydrogen-bond acceptors (Lipinski definition) is 5. The van der Waals surface area contributed by atoms with Crippen LogP contribution in [0.5, 0.6) is 0 Å². The van der Waals surface area contributed by atoms with E-state index < -0.39 is 0 Å². The maximum atomic E-state index is 5.54. The smallest absolute Gasteiger partial charge is 0.0803 e. The zero-order valence-corrected chi connectivity index (χ0v) is 12.1. The van der Waals surface area contributed by atoms with Crippen LogP contribution < -0.4 is 5.32 Å². The summed E-state index contributed by atoms with van der Waals surface area (Å²) in [7, 11) is 0. The maximum Gasteiger partial charge on any atom is 0.0803 e. The minimum atomic E-state index is 0.383. The molecule has 102 valence electrons. The standard InChI is InChI=1S/C13H23N3OS/c1-3-5-11-13(18-16-15-11)12(14-7-4-2)10-6-8-17-9-10/h10,12,14H,3-9H2,1-2H3. The fraction of sp³-hybridized carbons (Fsp3) is 0.846. The van der Waals surface area contributed by atoms with Crippen molar-refractivity contribution in [1.29, 1.82) is 0 Å². The molecule has 0 spiro atoms. The van der Waals surface area contributed by atoms with Gasteiger partial charge in [-0.15, -0.1) is 5.10 Å². The van der Waals surface area contributed by atoms with Crippen LogP contribution >= 0.6 is 11.5 Å². The summed E-state index contributed by atoms with van der Waals surface area (Å²) in [6.45, 7) is 7.20. The minimum Gasteiger partial charge on any atom is -0.381 e. The second kappa shape index (κ2) is 7.16. The molecule has 1 aromatic rings. The molecule has 1 fully saturated rings. The molecule has 4 nitrogen and oxygen atoms in total. The zero-order valence-electron chi connectivity index (χ0n) is 11.3. The van der Waals surface area contributed by atoms with Crippen LogP contribution in [-0.4, -0.2) is 29.3 Å². The third kappa shape index (κ3) is 3.28. The molecule has 2 unspecified atom stereocenters. The molecule has 2 atom stereocenters. The summed E-state index contributed by atoms with van der Waals surface area (Å²) in [5, 5.41) is 7.96. The van der Waals surface area contributed by atoms with Crippen LogP contribution in [0.2, 0.25) is 0 Å². The van der Waals surface area contributed by atoms with Crippen molar-refractivity contribution in [2.45, 2.75) is 45.6 Å². The van der Waals surface area contributed by atoms with Gasteiger partial charge in [0.1, 0.15) is 0 Å². The molecule has 0 bridgehead atoms. The third-order valence-electron chi connectivity index (χ3n) is 3.40. The van der Waals surface area contributed by atoms with Crippen molar-refractivity contribution in [2.24, 2.45) is 5.92 Å². The number of aryl methyl sites for hydroxylation is 1. The SMILES string of the molecule is CCCNC(c1snnc1CCC)C1CCOC1. The number of hydrogen-bond donors (Lipinski definition) is 1. The Kier molecular flexibility index (Phi) is 5.53. The maximum absolute atomic E-state index is 5.54. The van der Waals surface area contributed by atoms with Gasteiger partial charge in [-0.3, -0.25) is 0 Å². The Labute approximate surface area is 113 Å². The summed E-state index contributed by atoms with van der Waals surface area (Å²) < 4.78 is 9.69. The van der Waals surface area contributed by atoms with Crippen molar-refractivity contribution < 1.29 is 4.74 Å². The number of ether oxygens (including phenoxy) is 1. The fourth-order valence-electron chi connectivity index (χ4n) is 2.45. The second-order valence-electron chi connectivity index (χ2n) is 4.89. The highest BCUT2D eigenvalue weighted by Crippen LogP contribution is 2.32. The molecule has 2 heterocycles. The molecule has 1 aromatic heterocycles. The van der Waals surface area contributed by atoms with E-state index in [1.807, 2.05) is 0 Å². The molecular weight excluding hydrogens is 246 g/mol. The van der Waals surface area contributed by atoms with Crippen molar-refractivity contribution in [3.8, 4) is 0 Å². The van der Waals surface area contributed by atoms with Crippen LogP contribution in [0.25, 0.3) is 0 Å². The first-order valence-corrected chi connectivity index (χ1v) is 7.76. The van der Waals surface area contributed by atoms with Gasteiger partial charge in [-0.1, -0.05) is 24.8 Å². The molecule has 0 aliphatic carbocycles. The summed E-state index contributed by atoms with van der Waals surface area (Å²) >= 11 is 1.56. The van der Waals surface area contributed by atoms with Crippen LogP contribution in [0.3, 0.4) is 0 Å². The Balaban J connectivity index is 2.12. The van der Waals surface area contributed by atoms with Crippen molar-refractivity contribution in [2.75, 3.05) is 19.8 Å². The quantitative estimate of drug-likeness (QED) is 0.826. The molecule has 0 amide bonds. The van der Waals surface area contributed by atoms with Gasteiger partial charge in [0.15, 0.2) is 0 Å². The van der Waals surface area contributed by atoms with Crippen molar-refractivity contribution in [3.05, 3.63) is 10.6 Å². The van der Waals surface area contributed by atoms with Gasteiger partial charge in [-0.05, 0) is 37.3 Å². The van der Waals surface area contributed by atoms with Gasteiger partial charge in [0.2, 0.25) is 0 Å². The minimum absolute atomic E-state index is 0.383. The lowest BCUT2D eigenvalue weighted by molar-refractivity contribution is 0.177. The molecule has 0 aromatic carbocycles. The Hall–Kier alpha value is -0.520. The first-order valence-electron chi connectivity index (χ1n) is 6.99. The van der Waals surface area contributed by atoms with E-state index in [0.717, 1.165) is 45.4 Å². The lowest BCUT2D eigenvalue weighted by Gasteiger charge is -2.23. The van der Waals surface area contributed by atoms with E-state index in [9.17, 15) is 0 Å². The third-order valence-corrected chi connectivity index (χ3v) is 4.25. The molecule has 5 heteroatoms. The van der Waals surface area contributed by atoms with Crippen LogP contribution in [0.4, 0.5) is 0 Å². The predicted molar refractivity (Wildman–Crippen MR) is 73.9 cm³/mol. The summed E-state index contributed by atoms with van der Waals surface area (Å²) in [5.74, 6) is 0.578. The van der Waals surface area contributed by atoms with Crippen LogP contribution in [0.1, 0.15) is 49.7 Å². The number of nitrogens with zero attached hydrogens (tertiary/aromatic N) is 2. The molecule has 1 aliphatic rings. The van der Waals surface area contributed by atoms with Crippen LogP contribution in [0.15, 0.2) is 0 Å². The van der Waals surface area contributed by atoms with E-state index in [0.29, 0.717) is 12.0 Å². The van der Waals surface area contributed by atoms with Crippen molar-refractivity contribution in [1.82, 2.24) is 14.9 Å². The largest absolute Gasteiger partial charge is 0.381 e. The number of aromatic nitrogens is 2. The summed E-state index contributed by atoms with van der Waals surface area (Å²) in [5.41, 5.74) is 1.18. The monoisotopic (exact) mass is 269 g/mol. The predicted octanol–water partition coefficient (Wildman–Crippen LogP) is 2.57. The molecule has 0 saturated carbocycles. The summed E-state index contributed by atoms with van der Waals surface area (Å²) in [4.78, 5) is 1.33. The van der Waals surface area contributed by atoms with E-state index in [1.165, 1.54) is 10.6 Å². The molecule has 1 N–H and O–H groups in total. The van der Waals surface area contributed by atoms with Gasteiger partial charge < -0.3 is 10.1 Å². The van der Waals surface area contributed by atoms with E-state index in [-0.39, 0.29) is 0 Å². The highest BCUT2D eigenvalue weighted by atomic mass is 32.1. The average molecular weight is 269 g/mol. The highest BCUT2D eigenvalue weighted by molar-refractivity contribution is 7.05. The molecule has 0 radical (unpaired) electrons. The lowest BCUT2D eigenvalue weighted by atomic mass is 9.95. The molecule has 18 heavy (non-hydrogen) atoms. The first kappa shape index (κ1) is 13.9. The van der Waals surface area contributed by atoms with Gasteiger partial charge in [0.25, 0.3) is 0 Å². The number of nitrogens with one attached hydrogen (secondary N) is 1. The second-order valence-corrected chi connectivity index (χ2v) is 5.68. The first-order chi connectivity index (χ1) is 8.86. The van der Waals surface area contributed by atoms with E-state index in [1.54, 1.807) is 11.5 Å². The van der Waals surface area contributed by atoms with Gasteiger partial charge >= 0.3 is 0 Å². The van der Waals surface area contributed by atoms with Gasteiger partial charge in [0, 0.05) is 12.5 Å². The van der Waals surface area contributed by atoms with Gasteiger partial charge in [-0.2, -0.15) is 0 Å². The van der Waals surface area contributed by atoms with Gasteiger partial charge in [-0.25, -0.2) is 0 Å². The molecule has 1 aliphatic heterocycles.